The summed E-state index contributed by atoms with van der Waals surface area (Å²) in [6.45, 7) is 3.03. The van der Waals surface area contributed by atoms with Crippen molar-refractivity contribution in [2.75, 3.05) is 25.0 Å². The summed E-state index contributed by atoms with van der Waals surface area (Å²) < 4.78 is 38.8. The van der Waals surface area contributed by atoms with Crippen molar-refractivity contribution < 1.29 is 22.7 Å². The number of hydrogen-bond acceptors (Lipinski definition) is 7. The molecule has 10 heteroatoms. The lowest BCUT2D eigenvalue weighted by molar-refractivity contribution is -0.121. The van der Waals surface area contributed by atoms with E-state index in [4.69, 9.17) is 9.47 Å². The number of ether oxygens (including phenoxy) is 2. The average molecular weight is 483 g/mol. The van der Waals surface area contributed by atoms with E-state index in [0.717, 1.165) is 5.75 Å². The number of amides is 1. The monoisotopic (exact) mass is 482 g/mol. The number of carbonyl (C=O) groups is 1. The van der Waals surface area contributed by atoms with E-state index in [2.05, 4.69) is 15.3 Å². The lowest BCUT2D eigenvalue weighted by Gasteiger charge is -2.30. The minimum absolute atomic E-state index is 0.187. The molecule has 0 spiro atoms. The van der Waals surface area contributed by atoms with E-state index in [1.54, 1.807) is 42.7 Å². The molecular weight excluding hydrogens is 456 g/mol. The summed E-state index contributed by atoms with van der Waals surface area (Å²) in [5, 5.41) is 2.68. The number of piperidine rings is 1. The van der Waals surface area contributed by atoms with Crippen LogP contribution in [0, 0.1) is 5.92 Å². The smallest absolute Gasteiger partial charge is 0.243 e. The highest BCUT2D eigenvalue weighted by Gasteiger charge is 2.32. The van der Waals surface area contributed by atoms with Crippen LogP contribution in [0.4, 0.5) is 5.95 Å². The molecule has 9 nitrogen and oxygen atoms in total. The second kappa shape index (κ2) is 10.6. The lowest BCUT2D eigenvalue weighted by atomic mass is 9.97. The normalized spacial score (nSPS) is 15.0. The van der Waals surface area contributed by atoms with Crippen LogP contribution in [0.2, 0.25) is 0 Å². The fourth-order valence-electron chi connectivity index (χ4n) is 3.67. The van der Waals surface area contributed by atoms with Crippen LogP contribution in [0.15, 0.2) is 71.9 Å². The van der Waals surface area contributed by atoms with Crippen LogP contribution in [0.3, 0.4) is 0 Å². The summed E-state index contributed by atoms with van der Waals surface area (Å²) in [6.07, 6.45) is 3.95. The summed E-state index contributed by atoms with van der Waals surface area (Å²) in [4.78, 5) is 20.6. The molecule has 4 rings (SSSR count). The summed E-state index contributed by atoms with van der Waals surface area (Å²) in [5.41, 5.74) is 0. The highest BCUT2D eigenvalue weighted by atomic mass is 32.2. The molecule has 1 aromatic heterocycles. The third-order valence-corrected chi connectivity index (χ3v) is 7.37. The number of rotatable bonds is 8. The Kier molecular flexibility index (Phi) is 7.39. The Labute approximate surface area is 198 Å². The molecule has 0 atom stereocenters. The number of carbonyl (C=O) groups excluding carboxylic acids is 1. The van der Waals surface area contributed by atoms with E-state index < -0.39 is 10.0 Å². The molecule has 178 valence electrons. The van der Waals surface area contributed by atoms with Crippen molar-refractivity contribution in [3.8, 4) is 17.2 Å². The minimum atomic E-state index is -3.67. The van der Waals surface area contributed by atoms with Gasteiger partial charge in [-0.1, -0.05) is 0 Å². The number of hydrogen-bond donors (Lipinski definition) is 1. The quantitative estimate of drug-likeness (QED) is 0.521. The van der Waals surface area contributed by atoms with Crippen molar-refractivity contribution in [1.82, 2.24) is 14.3 Å². The molecular formula is C24H26N4O5S. The lowest BCUT2D eigenvalue weighted by Crippen LogP contribution is -2.41. The summed E-state index contributed by atoms with van der Waals surface area (Å²) in [7, 11) is -3.67. The molecule has 1 N–H and O–H groups in total. The average Bonchev–Trinajstić information content (AvgIpc) is 2.86. The van der Waals surface area contributed by atoms with E-state index >= 15 is 0 Å². The van der Waals surface area contributed by atoms with Crippen LogP contribution in [0.1, 0.15) is 19.8 Å². The van der Waals surface area contributed by atoms with Crippen LogP contribution < -0.4 is 14.8 Å². The first-order valence-electron chi connectivity index (χ1n) is 11.0. The molecule has 0 unspecified atom stereocenters. The molecule has 3 aromatic rings. The topological polar surface area (TPSA) is 111 Å². The van der Waals surface area contributed by atoms with Crippen LogP contribution in [0.25, 0.3) is 0 Å². The number of sulfonamides is 1. The second-order valence-electron chi connectivity index (χ2n) is 7.72. The molecule has 1 fully saturated rings. The number of anilines is 1. The highest BCUT2D eigenvalue weighted by molar-refractivity contribution is 7.89. The van der Waals surface area contributed by atoms with E-state index in [1.165, 1.54) is 16.4 Å². The van der Waals surface area contributed by atoms with Gasteiger partial charge in [0, 0.05) is 31.4 Å². The van der Waals surface area contributed by atoms with Crippen molar-refractivity contribution in [1.29, 1.82) is 0 Å². The van der Waals surface area contributed by atoms with E-state index in [-0.39, 0.29) is 35.8 Å². The van der Waals surface area contributed by atoms with Crippen LogP contribution in [-0.2, 0) is 14.8 Å². The summed E-state index contributed by atoms with van der Waals surface area (Å²) >= 11 is 0. The van der Waals surface area contributed by atoms with Gasteiger partial charge in [-0.3, -0.25) is 10.1 Å². The van der Waals surface area contributed by atoms with Gasteiger partial charge in [-0.2, -0.15) is 4.31 Å². The maximum Gasteiger partial charge on any atom is 0.243 e. The number of nitrogens with zero attached hydrogens (tertiary/aromatic N) is 3. The van der Waals surface area contributed by atoms with Gasteiger partial charge in [0.1, 0.15) is 17.2 Å². The standard InChI is InChI=1S/C24H26N4O5S/c1-2-32-19-4-6-20(7-5-19)33-21-8-10-22(11-9-21)34(30,31)28-16-12-18(13-17-28)23(29)27-24-25-14-3-15-26-24/h3-11,14-15,18H,2,12-13,16-17H2,1H3,(H,25,26,27,29). The number of benzene rings is 2. The maximum atomic E-state index is 13.1. The van der Waals surface area contributed by atoms with Gasteiger partial charge in [-0.05, 0) is 74.4 Å². The van der Waals surface area contributed by atoms with E-state index in [1.807, 2.05) is 19.1 Å². The molecule has 0 aliphatic carbocycles. The fraction of sp³-hybridized carbons (Fsp3) is 0.292. The zero-order valence-corrected chi connectivity index (χ0v) is 19.6. The molecule has 1 aliphatic heterocycles. The zero-order chi connectivity index (χ0) is 24.0. The Balaban J connectivity index is 1.33. The van der Waals surface area contributed by atoms with Gasteiger partial charge in [-0.25, -0.2) is 18.4 Å². The predicted molar refractivity (Wildman–Crippen MR) is 126 cm³/mol. The molecule has 1 aliphatic rings. The number of nitrogens with one attached hydrogen (secondary N) is 1. The van der Waals surface area contributed by atoms with Crippen molar-refractivity contribution >= 4 is 21.9 Å². The summed E-state index contributed by atoms with van der Waals surface area (Å²) in [5.74, 6) is 1.67. The van der Waals surface area contributed by atoms with Crippen LogP contribution in [0.5, 0.6) is 17.2 Å². The Morgan fingerprint density at radius 2 is 1.53 bits per heavy atom. The first kappa shape index (κ1) is 23.7. The van der Waals surface area contributed by atoms with Gasteiger partial charge in [0.2, 0.25) is 21.9 Å². The van der Waals surface area contributed by atoms with Gasteiger partial charge in [-0.15, -0.1) is 0 Å². The van der Waals surface area contributed by atoms with Gasteiger partial charge in [0.25, 0.3) is 0 Å². The van der Waals surface area contributed by atoms with Crippen molar-refractivity contribution in [2.45, 2.75) is 24.7 Å². The molecule has 1 saturated heterocycles. The van der Waals surface area contributed by atoms with Crippen molar-refractivity contribution in [3.05, 3.63) is 67.0 Å². The second-order valence-corrected chi connectivity index (χ2v) is 9.66. The number of aromatic nitrogens is 2. The SMILES string of the molecule is CCOc1ccc(Oc2ccc(S(=O)(=O)N3CCC(C(=O)Nc4ncccn4)CC3)cc2)cc1. The van der Waals surface area contributed by atoms with Gasteiger partial charge in [0.05, 0.1) is 11.5 Å². The first-order chi connectivity index (χ1) is 16.5. The summed E-state index contributed by atoms with van der Waals surface area (Å²) in [6, 6.07) is 15.2. The van der Waals surface area contributed by atoms with Gasteiger partial charge in [0.15, 0.2) is 0 Å². The third kappa shape index (κ3) is 5.70. The largest absolute Gasteiger partial charge is 0.494 e. The van der Waals surface area contributed by atoms with Crippen molar-refractivity contribution in [2.24, 2.45) is 5.92 Å². The minimum Gasteiger partial charge on any atom is -0.494 e. The fourth-order valence-corrected chi connectivity index (χ4v) is 5.14. The molecule has 0 saturated carbocycles. The van der Waals surface area contributed by atoms with E-state index in [9.17, 15) is 13.2 Å². The maximum absolute atomic E-state index is 13.1. The molecule has 0 bridgehead atoms. The highest BCUT2D eigenvalue weighted by Crippen LogP contribution is 2.28. The zero-order valence-electron chi connectivity index (χ0n) is 18.8. The Morgan fingerprint density at radius 3 is 2.12 bits per heavy atom. The first-order valence-corrected chi connectivity index (χ1v) is 12.5. The Morgan fingerprint density at radius 1 is 0.971 bits per heavy atom. The van der Waals surface area contributed by atoms with Crippen LogP contribution in [-0.4, -0.2) is 48.3 Å². The Bertz CT molecular complexity index is 1190. The molecule has 1 amide bonds. The molecule has 2 heterocycles. The molecule has 2 aromatic carbocycles. The molecule has 0 radical (unpaired) electrons. The van der Waals surface area contributed by atoms with E-state index in [0.29, 0.717) is 30.9 Å². The van der Waals surface area contributed by atoms with Gasteiger partial charge < -0.3 is 9.47 Å². The third-order valence-electron chi connectivity index (χ3n) is 5.46. The predicted octanol–water partition coefficient (Wildman–Crippen LogP) is 3.71. The van der Waals surface area contributed by atoms with Crippen LogP contribution >= 0.6 is 0 Å². The van der Waals surface area contributed by atoms with Gasteiger partial charge >= 0.3 is 0 Å². The Hall–Kier alpha value is -3.50. The molecule has 34 heavy (non-hydrogen) atoms. The van der Waals surface area contributed by atoms with Crippen molar-refractivity contribution in [3.63, 3.8) is 0 Å².